The molecule has 1 aliphatic rings. The molecule has 6 heteroatoms. The summed E-state index contributed by atoms with van der Waals surface area (Å²) in [6, 6.07) is 0.0282. The van der Waals surface area contributed by atoms with Gasteiger partial charge < -0.3 is 4.74 Å². The highest BCUT2D eigenvalue weighted by atomic mass is 35.5. The maximum atomic E-state index is 6.21. The molecule has 1 aromatic heterocycles. The highest BCUT2D eigenvalue weighted by Gasteiger charge is 2.21. The smallest absolute Gasteiger partial charge is 0.0834 e. The summed E-state index contributed by atoms with van der Waals surface area (Å²) in [6.45, 7) is 3.73. The van der Waals surface area contributed by atoms with Crippen LogP contribution >= 0.6 is 11.6 Å². The molecule has 2 unspecified atom stereocenters. The molecule has 0 spiro atoms. The van der Waals surface area contributed by atoms with Crippen LogP contribution in [0.25, 0.3) is 0 Å². The van der Waals surface area contributed by atoms with Gasteiger partial charge in [-0.15, -0.1) is 0 Å². The van der Waals surface area contributed by atoms with E-state index in [-0.39, 0.29) is 6.04 Å². The average Bonchev–Trinajstić information content (AvgIpc) is 2.82. The number of aryl methyl sites for hydroxylation is 1. The van der Waals surface area contributed by atoms with Crippen molar-refractivity contribution in [3.63, 3.8) is 0 Å². The molecule has 3 N–H and O–H groups in total. The molecule has 0 saturated carbocycles. The predicted molar refractivity (Wildman–Crippen MR) is 75.8 cm³/mol. The lowest BCUT2D eigenvalue weighted by molar-refractivity contribution is 0.00841. The molecule has 1 fully saturated rings. The van der Waals surface area contributed by atoms with Gasteiger partial charge >= 0.3 is 0 Å². The van der Waals surface area contributed by atoms with Crippen LogP contribution < -0.4 is 11.3 Å². The number of rotatable bonds is 6. The van der Waals surface area contributed by atoms with Crippen LogP contribution in [0.2, 0.25) is 5.02 Å². The largest absolute Gasteiger partial charge is 0.378 e. The van der Waals surface area contributed by atoms with Gasteiger partial charge in [0.2, 0.25) is 0 Å². The Morgan fingerprint density at radius 1 is 1.63 bits per heavy atom. The van der Waals surface area contributed by atoms with Crippen molar-refractivity contribution < 1.29 is 4.74 Å². The highest BCUT2D eigenvalue weighted by molar-refractivity contribution is 6.31. The van der Waals surface area contributed by atoms with E-state index in [1.54, 1.807) is 6.20 Å². The summed E-state index contributed by atoms with van der Waals surface area (Å²) < 4.78 is 7.65. The van der Waals surface area contributed by atoms with Crippen molar-refractivity contribution in [1.82, 2.24) is 15.2 Å². The Bertz CT molecular complexity index is 390. The number of hydrogen-bond donors (Lipinski definition) is 2. The van der Waals surface area contributed by atoms with Crippen LogP contribution in [0.5, 0.6) is 0 Å². The first kappa shape index (κ1) is 14.8. The Balaban J connectivity index is 1.97. The van der Waals surface area contributed by atoms with Crippen molar-refractivity contribution in [3.8, 4) is 0 Å². The van der Waals surface area contributed by atoms with Gasteiger partial charge in [0.05, 0.1) is 29.1 Å². The lowest BCUT2D eigenvalue weighted by Gasteiger charge is -2.25. The van der Waals surface area contributed by atoms with Gasteiger partial charge in [0.1, 0.15) is 0 Å². The third-order valence-electron chi connectivity index (χ3n) is 3.72. The summed E-state index contributed by atoms with van der Waals surface area (Å²) in [5.74, 6) is 5.68. The van der Waals surface area contributed by atoms with Gasteiger partial charge in [-0.3, -0.25) is 16.0 Å². The molecule has 0 bridgehead atoms. The summed E-state index contributed by atoms with van der Waals surface area (Å²) in [7, 11) is 0. The first-order chi connectivity index (χ1) is 9.26. The Hall–Kier alpha value is -0.620. The maximum Gasteiger partial charge on any atom is 0.0834 e. The van der Waals surface area contributed by atoms with Gasteiger partial charge in [-0.05, 0) is 39.0 Å². The highest BCUT2D eigenvalue weighted by Crippen LogP contribution is 2.28. The van der Waals surface area contributed by atoms with E-state index < -0.39 is 0 Å². The molecule has 0 radical (unpaired) electrons. The topological polar surface area (TPSA) is 65.1 Å². The fourth-order valence-electron chi connectivity index (χ4n) is 2.66. The van der Waals surface area contributed by atoms with Crippen molar-refractivity contribution in [2.75, 3.05) is 6.61 Å². The quantitative estimate of drug-likeness (QED) is 0.623. The Kier molecular flexibility index (Phi) is 5.63. The number of hydrogen-bond acceptors (Lipinski definition) is 4. The van der Waals surface area contributed by atoms with Gasteiger partial charge in [0.15, 0.2) is 0 Å². The summed E-state index contributed by atoms with van der Waals surface area (Å²) in [5.41, 5.74) is 3.83. The van der Waals surface area contributed by atoms with Gasteiger partial charge in [-0.2, -0.15) is 5.10 Å². The molecule has 1 saturated heterocycles. The summed E-state index contributed by atoms with van der Waals surface area (Å²) in [5, 5.41) is 4.93. The first-order valence-corrected chi connectivity index (χ1v) is 7.43. The van der Waals surface area contributed by atoms with Crippen LogP contribution in [0.1, 0.15) is 50.8 Å². The van der Waals surface area contributed by atoms with E-state index in [1.807, 2.05) is 11.6 Å². The molecule has 2 rings (SSSR count). The second-order valence-corrected chi connectivity index (χ2v) is 5.39. The maximum absolute atomic E-state index is 6.21. The summed E-state index contributed by atoms with van der Waals surface area (Å²) in [4.78, 5) is 0. The molecule has 19 heavy (non-hydrogen) atoms. The van der Waals surface area contributed by atoms with Crippen molar-refractivity contribution >= 4 is 11.6 Å². The normalized spacial score (nSPS) is 21.5. The molecular formula is C13H23ClN4O. The zero-order valence-electron chi connectivity index (χ0n) is 11.4. The molecule has 108 valence electrons. The Morgan fingerprint density at radius 2 is 2.47 bits per heavy atom. The fraction of sp³-hybridized carbons (Fsp3) is 0.769. The van der Waals surface area contributed by atoms with E-state index in [0.717, 1.165) is 38.1 Å². The first-order valence-electron chi connectivity index (χ1n) is 7.05. The molecule has 0 amide bonds. The molecule has 0 aromatic carbocycles. The van der Waals surface area contributed by atoms with E-state index >= 15 is 0 Å². The molecule has 1 aliphatic heterocycles. The molecular weight excluding hydrogens is 264 g/mol. The Morgan fingerprint density at radius 3 is 3.11 bits per heavy atom. The number of nitrogens with zero attached hydrogens (tertiary/aromatic N) is 2. The number of hydrazine groups is 1. The van der Waals surface area contributed by atoms with Crippen molar-refractivity contribution in [2.24, 2.45) is 5.84 Å². The molecule has 5 nitrogen and oxygen atoms in total. The SMILES string of the molecule is CCn1ncc(Cl)c1C(CCC1CCCCO1)NN. The predicted octanol–water partition coefficient (Wildman–Crippen LogP) is 2.41. The van der Waals surface area contributed by atoms with Gasteiger partial charge in [-0.1, -0.05) is 11.6 Å². The van der Waals surface area contributed by atoms with Gasteiger partial charge in [0.25, 0.3) is 0 Å². The van der Waals surface area contributed by atoms with Gasteiger partial charge in [0, 0.05) is 13.2 Å². The lowest BCUT2D eigenvalue weighted by Crippen LogP contribution is -2.31. The molecule has 2 atom stereocenters. The monoisotopic (exact) mass is 286 g/mol. The summed E-state index contributed by atoms with van der Waals surface area (Å²) in [6.07, 6.45) is 7.55. The van der Waals surface area contributed by atoms with Crippen LogP contribution in [-0.2, 0) is 11.3 Å². The third-order valence-corrected chi connectivity index (χ3v) is 4.01. The number of halogens is 1. The van der Waals surface area contributed by atoms with Gasteiger partial charge in [-0.25, -0.2) is 0 Å². The van der Waals surface area contributed by atoms with Crippen LogP contribution in [0.3, 0.4) is 0 Å². The minimum absolute atomic E-state index is 0.0282. The second-order valence-electron chi connectivity index (χ2n) is 4.98. The molecule has 2 heterocycles. The van der Waals surface area contributed by atoms with E-state index in [4.69, 9.17) is 22.2 Å². The van der Waals surface area contributed by atoms with Crippen LogP contribution in [0.4, 0.5) is 0 Å². The zero-order valence-corrected chi connectivity index (χ0v) is 12.2. The van der Waals surface area contributed by atoms with E-state index in [2.05, 4.69) is 10.5 Å². The van der Waals surface area contributed by atoms with Crippen LogP contribution in [0, 0.1) is 0 Å². The fourth-order valence-corrected chi connectivity index (χ4v) is 2.93. The number of ether oxygens (including phenoxy) is 1. The van der Waals surface area contributed by atoms with E-state index in [0.29, 0.717) is 11.1 Å². The molecule has 0 aliphatic carbocycles. The Labute approximate surface area is 119 Å². The number of aromatic nitrogens is 2. The lowest BCUT2D eigenvalue weighted by atomic mass is 10.0. The molecule has 1 aromatic rings. The summed E-state index contributed by atoms with van der Waals surface area (Å²) >= 11 is 6.21. The van der Waals surface area contributed by atoms with Crippen LogP contribution in [-0.4, -0.2) is 22.5 Å². The van der Waals surface area contributed by atoms with Crippen LogP contribution in [0.15, 0.2) is 6.20 Å². The minimum atomic E-state index is 0.0282. The number of nitrogens with one attached hydrogen (secondary N) is 1. The van der Waals surface area contributed by atoms with Crippen molar-refractivity contribution in [2.45, 2.75) is 57.7 Å². The number of nitrogens with two attached hydrogens (primary N) is 1. The standard InChI is InChI=1S/C13H23ClN4O/c1-2-18-13(11(14)9-16-18)12(17-15)7-6-10-5-3-4-8-19-10/h9-10,12,17H,2-8,15H2,1H3. The second kappa shape index (κ2) is 7.24. The van der Waals surface area contributed by atoms with Crippen molar-refractivity contribution in [1.29, 1.82) is 0 Å². The van der Waals surface area contributed by atoms with E-state index in [1.165, 1.54) is 12.8 Å². The van der Waals surface area contributed by atoms with E-state index in [9.17, 15) is 0 Å². The zero-order chi connectivity index (χ0) is 13.7. The third kappa shape index (κ3) is 3.69. The average molecular weight is 287 g/mol. The minimum Gasteiger partial charge on any atom is -0.378 e. The van der Waals surface area contributed by atoms with Crippen molar-refractivity contribution in [3.05, 3.63) is 16.9 Å².